The van der Waals surface area contributed by atoms with E-state index in [1.807, 2.05) is 11.0 Å². The second kappa shape index (κ2) is 7.00. The van der Waals surface area contributed by atoms with Crippen LogP contribution in [0.15, 0.2) is 33.6 Å². The zero-order chi connectivity index (χ0) is 18.1. The summed E-state index contributed by atoms with van der Waals surface area (Å²) < 4.78 is 34.0. The van der Waals surface area contributed by atoms with Crippen LogP contribution in [0.1, 0.15) is 31.2 Å². The zero-order valence-corrected chi connectivity index (χ0v) is 15.4. The fourth-order valence-electron chi connectivity index (χ4n) is 3.86. The van der Waals surface area contributed by atoms with Gasteiger partial charge in [0.1, 0.15) is 4.90 Å². The van der Waals surface area contributed by atoms with Crippen LogP contribution in [0.5, 0.6) is 0 Å². The van der Waals surface area contributed by atoms with Gasteiger partial charge in [0, 0.05) is 31.8 Å². The number of carbonyl (C=O) groups excluding carboxylic acids is 1. The number of amides is 1. The lowest BCUT2D eigenvalue weighted by Crippen LogP contribution is -2.46. The van der Waals surface area contributed by atoms with E-state index >= 15 is 0 Å². The van der Waals surface area contributed by atoms with Gasteiger partial charge in [0.25, 0.3) is 10.0 Å². The largest absolute Gasteiger partial charge is 0.376 e. The van der Waals surface area contributed by atoms with Crippen molar-refractivity contribution in [3.63, 3.8) is 0 Å². The molecule has 2 fully saturated rings. The second-order valence-electron chi connectivity index (χ2n) is 7.05. The Bertz CT molecular complexity index is 831. The van der Waals surface area contributed by atoms with Crippen molar-refractivity contribution in [1.29, 1.82) is 0 Å². The summed E-state index contributed by atoms with van der Waals surface area (Å²) in [4.78, 5) is 14.7. The number of carbonyl (C=O) groups is 1. The van der Waals surface area contributed by atoms with Gasteiger partial charge in [-0.25, -0.2) is 0 Å². The Labute approximate surface area is 153 Å². The summed E-state index contributed by atoms with van der Waals surface area (Å²) in [7, 11) is -3.63. The molecule has 2 atom stereocenters. The van der Waals surface area contributed by atoms with Gasteiger partial charge in [-0.1, -0.05) is 12.1 Å². The van der Waals surface area contributed by atoms with Crippen LogP contribution >= 0.6 is 0 Å². The summed E-state index contributed by atoms with van der Waals surface area (Å²) in [5, 5.41) is 2.99. The Hall–Kier alpha value is -1.93. The third-order valence-electron chi connectivity index (χ3n) is 5.23. The topological polar surface area (TPSA) is 88.1 Å². The lowest BCUT2D eigenvalue weighted by Gasteiger charge is -2.33. The molecule has 1 aromatic carbocycles. The summed E-state index contributed by atoms with van der Waals surface area (Å²) in [6.07, 6.45) is 3.79. The fourth-order valence-corrected chi connectivity index (χ4v) is 5.09. The van der Waals surface area contributed by atoms with Crippen LogP contribution in [0.25, 0.3) is 0 Å². The molecule has 0 unspecified atom stereocenters. The average Bonchev–Trinajstić information content (AvgIpc) is 3.26. The minimum Gasteiger partial charge on any atom is -0.376 e. The van der Waals surface area contributed by atoms with Crippen LogP contribution in [0, 0.1) is 5.92 Å². The summed E-state index contributed by atoms with van der Waals surface area (Å²) in [5.74, 6) is 0.320. The third kappa shape index (κ3) is 3.35. The monoisotopic (exact) mass is 377 g/mol. The number of piperidine rings is 1. The minimum absolute atomic E-state index is 0.0138. The molecular formula is C18H23N3O4S. The van der Waals surface area contributed by atoms with Crippen LogP contribution in [0.4, 0.5) is 0 Å². The van der Waals surface area contributed by atoms with Crippen molar-refractivity contribution in [3.8, 4) is 0 Å². The van der Waals surface area contributed by atoms with Crippen LogP contribution in [0.3, 0.4) is 0 Å². The van der Waals surface area contributed by atoms with Crippen molar-refractivity contribution in [1.82, 2.24) is 10.2 Å². The molecule has 8 heteroatoms. The van der Waals surface area contributed by atoms with Gasteiger partial charge in [0.2, 0.25) is 5.91 Å². The van der Waals surface area contributed by atoms with E-state index in [-0.39, 0.29) is 22.8 Å². The van der Waals surface area contributed by atoms with Gasteiger partial charge in [0.15, 0.2) is 5.84 Å². The maximum absolute atomic E-state index is 12.5. The number of sulfonamides is 1. The predicted molar refractivity (Wildman–Crippen MR) is 96.4 cm³/mol. The van der Waals surface area contributed by atoms with Gasteiger partial charge in [0.05, 0.1) is 12.0 Å². The molecular weight excluding hydrogens is 354 g/mol. The van der Waals surface area contributed by atoms with Gasteiger partial charge in [-0.05, 0) is 37.8 Å². The summed E-state index contributed by atoms with van der Waals surface area (Å²) in [6, 6.07) is 6.87. The van der Waals surface area contributed by atoms with Gasteiger partial charge in [-0.15, -0.1) is 4.40 Å². The highest BCUT2D eigenvalue weighted by molar-refractivity contribution is 7.90. The molecule has 4 rings (SSSR count). The molecule has 2 saturated heterocycles. The number of benzene rings is 1. The van der Waals surface area contributed by atoms with Crippen molar-refractivity contribution >= 4 is 21.8 Å². The number of nitrogens with zero attached hydrogens (tertiary/aromatic N) is 2. The standard InChI is InChI=1S/C18H23N3O4S/c22-18(19-11-14-6-4-10-25-14)13-5-3-9-21(12-13)17-15-7-1-2-8-16(15)26(23,24)20-17/h1-2,7-8,13-14H,3-6,9-12H2,(H,19,22)/t13-,14-/m1/s1. The highest BCUT2D eigenvalue weighted by Crippen LogP contribution is 2.29. The summed E-state index contributed by atoms with van der Waals surface area (Å²) in [6.45, 7) is 2.51. The summed E-state index contributed by atoms with van der Waals surface area (Å²) in [5.41, 5.74) is 0.632. The minimum atomic E-state index is -3.63. The van der Waals surface area contributed by atoms with E-state index in [0.717, 1.165) is 32.3 Å². The second-order valence-corrected chi connectivity index (χ2v) is 8.62. The lowest BCUT2D eigenvalue weighted by atomic mass is 9.96. The molecule has 1 aromatic rings. The smallest absolute Gasteiger partial charge is 0.285 e. The summed E-state index contributed by atoms with van der Waals surface area (Å²) >= 11 is 0. The Kier molecular flexibility index (Phi) is 4.71. The molecule has 0 spiro atoms. The number of nitrogens with one attached hydrogen (secondary N) is 1. The molecule has 0 aliphatic carbocycles. The molecule has 1 N–H and O–H groups in total. The van der Waals surface area contributed by atoms with E-state index in [0.29, 0.717) is 31.0 Å². The van der Waals surface area contributed by atoms with E-state index in [1.54, 1.807) is 18.2 Å². The van der Waals surface area contributed by atoms with Crippen LogP contribution in [-0.2, 0) is 19.6 Å². The first kappa shape index (κ1) is 17.5. The lowest BCUT2D eigenvalue weighted by molar-refractivity contribution is -0.126. The molecule has 0 bridgehead atoms. The molecule has 3 aliphatic rings. The van der Waals surface area contributed by atoms with Crippen molar-refractivity contribution in [2.45, 2.75) is 36.7 Å². The maximum Gasteiger partial charge on any atom is 0.285 e. The normalized spacial score (nSPS) is 27.1. The number of likely N-dealkylation sites (tertiary alicyclic amines) is 1. The van der Waals surface area contributed by atoms with Gasteiger partial charge < -0.3 is 15.0 Å². The van der Waals surface area contributed by atoms with Crippen molar-refractivity contribution in [3.05, 3.63) is 29.8 Å². The first-order chi connectivity index (χ1) is 12.5. The molecule has 0 radical (unpaired) electrons. The molecule has 140 valence electrons. The SMILES string of the molecule is O=C(NC[C@H]1CCCO1)[C@@H]1CCCN(C2=NS(=O)(=O)c3ccccc32)C1. The quantitative estimate of drug-likeness (QED) is 0.854. The average molecular weight is 377 g/mol. The van der Waals surface area contributed by atoms with Crippen molar-refractivity contribution < 1.29 is 17.9 Å². The van der Waals surface area contributed by atoms with E-state index in [2.05, 4.69) is 9.71 Å². The Morgan fingerprint density at radius 2 is 2.12 bits per heavy atom. The van der Waals surface area contributed by atoms with Gasteiger partial charge >= 0.3 is 0 Å². The number of amidine groups is 1. The number of fused-ring (bicyclic) bond motifs is 1. The fraction of sp³-hybridized carbons (Fsp3) is 0.556. The molecule has 3 heterocycles. The molecule has 0 aromatic heterocycles. The van der Waals surface area contributed by atoms with Crippen molar-refractivity contribution in [2.24, 2.45) is 10.3 Å². The molecule has 1 amide bonds. The number of rotatable bonds is 3. The predicted octanol–water partition coefficient (Wildman–Crippen LogP) is 1.14. The van der Waals surface area contributed by atoms with Crippen LogP contribution < -0.4 is 5.32 Å². The molecule has 26 heavy (non-hydrogen) atoms. The molecule has 7 nitrogen and oxygen atoms in total. The number of ether oxygens (including phenoxy) is 1. The van der Waals surface area contributed by atoms with E-state index < -0.39 is 10.0 Å². The van der Waals surface area contributed by atoms with Gasteiger partial charge in [-0.3, -0.25) is 4.79 Å². The Morgan fingerprint density at radius 1 is 1.27 bits per heavy atom. The third-order valence-corrected chi connectivity index (χ3v) is 6.56. The first-order valence-electron chi connectivity index (χ1n) is 9.13. The van der Waals surface area contributed by atoms with Crippen LogP contribution in [-0.4, -0.2) is 57.4 Å². The molecule has 0 saturated carbocycles. The number of hydrogen-bond acceptors (Lipinski definition) is 5. The van der Waals surface area contributed by atoms with Crippen molar-refractivity contribution in [2.75, 3.05) is 26.2 Å². The number of hydrogen-bond donors (Lipinski definition) is 1. The highest BCUT2D eigenvalue weighted by Gasteiger charge is 2.35. The maximum atomic E-state index is 12.5. The van der Waals surface area contributed by atoms with Gasteiger partial charge in [-0.2, -0.15) is 8.42 Å². The highest BCUT2D eigenvalue weighted by atomic mass is 32.2. The van der Waals surface area contributed by atoms with E-state index in [1.165, 1.54) is 0 Å². The van der Waals surface area contributed by atoms with E-state index in [4.69, 9.17) is 4.74 Å². The molecule has 3 aliphatic heterocycles. The Balaban J connectivity index is 1.45. The van der Waals surface area contributed by atoms with Crippen LogP contribution in [0.2, 0.25) is 0 Å². The first-order valence-corrected chi connectivity index (χ1v) is 10.6. The van der Waals surface area contributed by atoms with E-state index in [9.17, 15) is 13.2 Å². The zero-order valence-electron chi connectivity index (χ0n) is 14.6. The Morgan fingerprint density at radius 3 is 2.92 bits per heavy atom.